The van der Waals surface area contributed by atoms with Gasteiger partial charge in [-0.3, -0.25) is 0 Å². The molecule has 43 heavy (non-hydrogen) atoms. The van der Waals surface area contributed by atoms with Crippen molar-refractivity contribution in [1.82, 2.24) is 15.0 Å². The average molecular weight is 577 g/mol. The molecule has 0 atom stereocenters. The number of aromatic nitrogens is 3. The molecule has 4 rings (SSSR count). The second kappa shape index (κ2) is 13.4. The Morgan fingerprint density at radius 1 is 0.721 bits per heavy atom. The molecule has 1 N–H and O–H groups in total. The first-order valence-corrected chi connectivity index (χ1v) is 15.2. The van der Waals surface area contributed by atoms with Gasteiger partial charge in [0.25, 0.3) is 0 Å². The van der Waals surface area contributed by atoms with Crippen LogP contribution in [0.4, 0.5) is 0 Å². The number of unbranched alkanes of at least 4 members (excludes halogenated alkanes) is 3. The summed E-state index contributed by atoms with van der Waals surface area (Å²) in [5, 5.41) is 20.3. The predicted molar refractivity (Wildman–Crippen MR) is 174 cm³/mol. The largest absolute Gasteiger partial charge is 0.507 e. The van der Waals surface area contributed by atoms with Crippen LogP contribution in [0.15, 0.2) is 60.7 Å². The Kier molecular flexibility index (Phi) is 9.86. The van der Waals surface area contributed by atoms with Gasteiger partial charge in [0.05, 0.1) is 5.56 Å². The minimum absolute atomic E-state index is 0.000455. The number of hydrogen-bond acceptors (Lipinski definition) is 6. The number of phenolic OH excluding ortho intramolecular Hbond substituents is 1. The van der Waals surface area contributed by atoms with Crippen LogP contribution in [0.2, 0.25) is 0 Å². The zero-order chi connectivity index (χ0) is 31.2. The van der Waals surface area contributed by atoms with Crippen LogP contribution in [0.25, 0.3) is 34.2 Å². The van der Waals surface area contributed by atoms with Gasteiger partial charge in [-0.15, -0.1) is 0 Å². The van der Waals surface area contributed by atoms with Gasteiger partial charge in [-0.2, -0.15) is 5.26 Å². The Labute approximate surface area is 256 Å². The van der Waals surface area contributed by atoms with Crippen molar-refractivity contribution in [3.05, 3.63) is 77.4 Å². The molecule has 6 heteroatoms. The number of phenols is 1. The molecular weight excluding hydrogens is 532 g/mol. The first-order chi connectivity index (χ1) is 20.4. The van der Waals surface area contributed by atoms with Gasteiger partial charge in [0.15, 0.2) is 24.1 Å². The number of ether oxygens (including phenoxy) is 1. The van der Waals surface area contributed by atoms with Gasteiger partial charge in [0, 0.05) is 17.2 Å². The van der Waals surface area contributed by atoms with Crippen molar-refractivity contribution in [1.29, 1.82) is 5.26 Å². The lowest BCUT2D eigenvalue weighted by Crippen LogP contribution is -2.11. The third kappa shape index (κ3) is 7.99. The summed E-state index contributed by atoms with van der Waals surface area (Å²) in [7, 11) is 0. The Morgan fingerprint density at radius 2 is 1.23 bits per heavy atom. The highest BCUT2D eigenvalue weighted by Crippen LogP contribution is 2.37. The van der Waals surface area contributed by atoms with Gasteiger partial charge in [0.2, 0.25) is 0 Å². The lowest BCUT2D eigenvalue weighted by atomic mass is 9.86. The molecule has 0 aliphatic carbocycles. The van der Waals surface area contributed by atoms with E-state index in [2.05, 4.69) is 72.7 Å². The molecule has 0 aliphatic heterocycles. The predicted octanol–water partition coefficient (Wildman–Crippen LogP) is 9.20. The maximum atomic E-state index is 11.2. The van der Waals surface area contributed by atoms with Crippen LogP contribution in [0.1, 0.15) is 90.8 Å². The molecule has 0 fully saturated rings. The number of hydrogen-bond donors (Lipinski definition) is 1. The summed E-state index contributed by atoms with van der Waals surface area (Å²) in [6, 6.07) is 22.2. The van der Waals surface area contributed by atoms with Crippen LogP contribution in [-0.2, 0) is 17.3 Å². The topological polar surface area (TPSA) is 91.9 Å². The Hall–Kier alpha value is -4.24. The molecule has 0 aliphatic rings. The molecule has 1 aromatic heterocycles. The molecule has 3 aromatic carbocycles. The van der Waals surface area contributed by atoms with Crippen LogP contribution in [-0.4, -0.2) is 26.7 Å². The van der Waals surface area contributed by atoms with Crippen LogP contribution in [0.5, 0.6) is 11.5 Å². The summed E-state index contributed by atoms with van der Waals surface area (Å²) < 4.78 is 5.70. The lowest BCUT2D eigenvalue weighted by molar-refractivity contribution is 0.360. The zero-order valence-electron chi connectivity index (χ0n) is 26.7. The van der Waals surface area contributed by atoms with E-state index in [9.17, 15) is 5.11 Å². The molecule has 6 nitrogen and oxygen atoms in total. The summed E-state index contributed by atoms with van der Waals surface area (Å²) >= 11 is 0. The first kappa shape index (κ1) is 31.7. The number of aryl methyl sites for hydroxylation is 1. The molecule has 0 amide bonds. The van der Waals surface area contributed by atoms with E-state index < -0.39 is 0 Å². The SMILES string of the molecule is CCCCCCc1cc(-c2nc(-c3ccc(C(C)(C)C)cc3)nc(-c3ccc(C(C)(C)C)cc3)n2)c(O)cc1OCC#N. The van der Waals surface area contributed by atoms with Gasteiger partial charge < -0.3 is 9.84 Å². The van der Waals surface area contributed by atoms with Gasteiger partial charge in [0.1, 0.15) is 17.6 Å². The van der Waals surface area contributed by atoms with Gasteiger partial charge in [-0.25, -0.2) is 15.0 Å². The van der Waals surface area contributed by atoms with Gasteiger partial charge in [-0.05, 0) is 46.4 Å². The molecule has 4 aromatic rings. The summed E-state index contributed by atoms with van der Waals surface area (Å²) in [4.78, 5) is 14.7. The van der Waals surface area contributed by atoms with E-state index in [1.165, 1.54) is 11.1 Å². The highest BCUT2D eigenvalue weighted by molar-refractivity contribution is 5.72. The van der Waals surface area contributed by atoms with E-state index in [4.69, 9.17) is 25.0 Å². The summed E-state index contributed by atoms with van der Waals surface area (Å²) in [6.45, 7) is 15.2. The van der Waals surface area contributed by atoms with Gasteiger partial charge >= 0.3 is 0 Å². The number of nitrogens with zero attached hydrogens (tertiary/aromatic N) is 4. The summed E-state index contributed by atoms with van der Waals surface area (Å²) in [6.07, 6.45) is 5.14. The molecule has 0 bridgehead atoms. The number of rotatable bonds is 10. The monoisotopic (exact) mass is 576 g/mol. The van der Waals surface area contributed by atoms with E-state index >= 15 is 0 Å². The van der Waals surface area contributed by atoms with Crippen molar-refractivity contribution in [3.63, 3.8) is 0 Å². The standard InChI is InChI=1S/C37H44N4O2/c1-8-9-10-11-12-27-23-30(31(42)24-32(27)43-22-21-38)35-40-33(25-13-17-28(18-14-25)36(2,3)4)39-34(41-35)26-15-19-29(20-16-26)37(5,6)7/h13-20,23-24,42H,8-12,22H2,1-7H3. The van der Waals surface area contributed by atoms with Gasteiger partial charge in [-0.1, -0.05) is 116 Å². The lowest BCUT2D eigenvalue weighted by Gasteiger charge is -2.19. The molecule has 0 saturated carbocycles. The summed E-state index contributed by atoms with van der Waals surface area (Å²) in [5.74, 6) is 1.98. The minimum Gasteiger partial charge on any atom is -0.507 e. The van der Waals surface area contributed by atoms with E-state index in [1.54, 1.807) is 6.07 Å². The van der Waals surface area contributed by atoms with Crippen molar-refractivity contribution >= 4 is 0 Å². The smallest absolute Gasteiger partial charge is 0.174 e. The Bertz CT molecular complexity index is 1500. The first-order valence-electron chi connectivity index (χ1n) is 15.2. The average Bonchev–Trinajstić information content (AvgIpc) is 2.98. The van der Waals surface area contributed by atoms with Crippen LogP contribution in [0.3, 0.4) is 0 Å². The minimum atomic E-state index is -0.0874. The number of aromatic hydroxyl groups is 1. The maximum absolute atomic E-state index is 11.2. The fraction of sp³-hybridized carbons (Fsp3) is 0.405. The molecule has 224 valence electrons. The van der Waals surface area contributed by atoms with Crippen LogP contribution < -0.4 is 4.74 Å². The highest BCUT2D eigenvalue weighted by Gasteiger charge is 2.20. The molecule has 0 unspecified atom stereocenters. The van der Waals surface area contributed by atoms with Crippen molar-refractivity contribution in [3.8, 4) is 51.7 Å². The molecular formula is C37H44N4O2. The third-order valence-corrected chi connectivity index (χ3v) is 7.67. The second-order valence-corrected chi connectivity index (χ2v) is 13.2. The highest BCUT2D eigenvalue weighted by atomic mass is 16.5. The number of nitriles is 1. The quantitative estimate of drug-likeness (QED) is 0.189. The molecule has 0 saturated heterocycles. The fourth-order valence-electron chi connectivity index (χ4n) is 4.97. The molecule has 0 spiro atoms. The number of benzene rings is 3. The zero-order valence-corrected chi connectivity index (χ0v) is 26.7. The third-order valence-electron chi connectivity index (χ3n) is 7.67. The van der Waals surface area contributed by atoms with Crippen molar-refractivity contribution < 1.29 is 9.84 Å². The Balaban J connectivity index is 1.85. The van der Waals surface area contributed by atoms with E-state index in [-0.39, 0.29) is 23.2 Å². The second-order valence-electron chi connectivity index (χ2n) is 13.2. The van der Waals surface area contributed by atoms with E-state index in [1.807, 2.05) is 36.4 Å². The molecule has 0 radical (unpaired) electrons. The van der Waals surface area contributed by atoms with Crippen LogP contribution in [0, 0.1) is 11.3 Å². The fourth-order valence-corrected chi connectivity index (χ4v) is 4.97. The summed E-state index contributed by atoms with van der Waals surface area (Å²) in [5.41, 5.74) is 5.68. The Morgan fingerprint density at radius 3 is 1.70 bits per heavy atom. The van der Waals surface area contributed by atoms with Crippen LogP contribution >= 0.6 is 0 Å². The molecule has 1 heterocycles. The maximum Gasteiger partial charge on any atom is 0.174 e. The van der Waals surface area contributed by atoms with E-state index in [0.717, 1.165) is 48.8 Å². The van der Waals surface area contributed by atoms with Crippen molar-refractivity contribution in [2.75, 3.05) is 6.61 Å². The van der Waals surface area contributed by atoms with E-state index in [0.29, 0.717) is 28.8 Å². The van der Waals surface area contributed by atoms with Crippen molar-refractivity contribution in [2.45, 2.75) is 91.4 Å². The van der Waals surface area contributed by atoms with Crippen molar-refractivity contribution in [2.24, 2.45) is 0 Å². The normalized spacial score (nSPS) is 11.8.